The quantitative estimate of drug-likeness (QED) is 0.0222. The van der Waals surface area contributed by atoms with Crippen molar-refractivity contribution < 1.29 is 80.2 Å². The third-order valence-corrected chi connectivity index (χ3v) is 22.9. The Bertz CT molecular complexity index is 2050. The van der Waals surface area contributed by atoms with Gasteiger partial charge in [0.25, 0.3) is 0 Å². The van der Waals surface area contributed by atoms with Crippen LogP contribution in [-0.2, 0) is 65.4 Å². The molecular formula is C89H174O17P2. The van der Waals surface area contributed by atoms with Crippen LogP contribution in [0.1, 0.15) is 484 Å². The zero-order valence-electron chi connectivity index (χ0n) is 71.0. The van der Waals surface area contributed by atoms with Gasteiger partial charge in [0.05, 0.1) is 26.4 Å². The van der Waals surface area contributed by atoms with Crippen molar-refractivity contribution in [3.8, 4) is 0 Å². The lowest BCUT2D eigenvalue weighted by Crippen LogP contribution is -2.30. The molecule has 0 radical (unpaired) electrons. The second-order valence-corrected chi connectivity index (χ2v) is 35.4. The first-order valence-corrected chi connectivity index (χ1v) is 49.1. The van der Waals surface area contributed by atoms with Crippen LogP contribution in [0.4, 0.5) is 0 Å². The fourth-order valence-electron chi connectivity index (χ4n) is 14.0. The van der Waals surface area contributed by atoms with Gasteiger partial charge in [-0.25, -0.2) is 9.13 Å². The Morgan fingerprint density at radius 1 is 0.250 bits per heavy atom. The molecule has 0 fully saturated rings. The molecule has 0 aliphatic carbocycles. The number of aliphatic hydroxyl groups excluding tert-OH is 1. The average molecular weight is 1580 g/mol. The molecule has 19 heteroatoms. The maximum absolute atomic E-state index is 13.2. The monoisotopic (exact) mass is 1580 g/mol. The van der Waals surface area contributed by atoms with E-state index >= 15 is 0 Å². The lowest BCUT2D eigenvalue weighted by Gasteiger charge is -2.21. The molecule has 0 heterocycles. The summed E-state index contributed by atoms with van der Waals surface area (Å²) in [5.74, 6) is -1.33. The molecule has 0 bridgehead atoms. The van der Waals surface area contributed by atoms with Gasteiger partial charge < -0.3 is 33.8 Å². The van der Waals surface area contributed by atoms with E-state index in [9.17, 15) is 43.2 Å². The van der Waals surface area contributed by atoms with Crippen LogP contribution in [0.2, 0.25) is 0 Å². The van der Waals surface area contributed by atoms with E-state index in [2.05, 4.69) is 34.6 Å². The van der Waals surface area contributed by atoms with Gasteiger partial charge in [-0.1, -0.05) is 433 Å². The Labute approximate surface area is 664 Å². The van der Waals surface area contributed by atoms with Gasteiger partial charge in [-0.05, 0) is 31.6 Å². The Morgan fingerprint density at radius 3 is 0.630 bits per heavy atom. The van der Waals surface area contributed by atoms with E-state index in [0.717, 1.165) is 95.8 Å². The van der Waals surface area contributed by atoms with Crippen LogP contribution >= 0.6 is 15.6 Å². The van der Waals surface area contributed by atoms with E-state index in [0.29, 0.717) is 25.7 Å². The predicted octanol–water partition coefficient (Wildman–Crippen LogP) is 27.5. The first-order valence-electron chi connectivity index (χ1n) is 46.1. The summed E-state index contributed by atoms with van der Waals surface area (Å²) in [5.41, 5.74) is 0. The molecule has 5 atom stereocenters. The lowest BCUT2D eigenvalue weighted by molar-refractivity contribution is -0.161. The van der Waals surface area contributed by atoms with Crippen LogP contribution in [-0.4, -0.2) is 96.7 Å². The highest BCUT2D eigenvalue weighted by Crippen LogP contribution is 2.45. The average Bonchev–Trinajstić information content (AvgIpc) is 0.902. The minimum atomic E-state index is -4.97. The van der Waals surface area contributed by atoms with Crippen LogP contribution in [0, 0.1) is 5.92 Å². The molecule has 0 amide bonds. The number of rotatable bonds is 89. The zero-order chi connectivity index (χ0) is 79.0. The molecule has 0 aromatic heterocycles. The highest BCUT2D eigenvalue weighted by atomic mass is 31.2. The van der Waals surface area contributed by atoms with Gasteiger partial charge in [0, 0.05) is 25.7 Å². The number of unbranched alkanes of at least 4 members (excludes halogenated alkanes) is 61. The minimum Gasteiger partial charge on any atom is -0.462 e. The van der Waals surface area contributed by atoms with Crippen LogP contribution in [0.5, 0.6) is 0 Å². The zero-order valence-corrected chi connectivity index (χ0v) is 72.8. The Kier molecular flexibility index (Phi) is 80.2. The molecule has 0 rings (SSSR count). The molecular weight excluding hydrogens is 1400 g/mol. The highest BCUT2D eigenvalue weighted by Gasteiger charge is 2.30. The van der Waals surface area contributed by atoms with Crippen molar-refractivity contribution in [1.29, 1.82) is 0 Å². The highest BCUT2D eigenvalue weighted by molar-refractivity contribution is 7.47. The van der Waals surface area contributed by atoms with Crippen LogP contribution < -0.4 is 0 Å². The van der Waals surface area contributed by atoms with E-state index in [4.69, 9.17) is 37.0 Å². The molecule has 17 nitrogen and oxygen atoms in total. The third-order valence-electron chi connectivity index (χ3n) is 21.0. The summed E-state index contributed by atoms with van der Waals surface area (Å²) in [7, 11) is -9.93. The lowest BCUT2D eigenvalue weighted by atomic mass is 10.0. The molecule has 2 unspecified atom stereocenters. The molecule has 0 aliphatic heterocycles. The second kappa shape index (κ2) is 81.6. The van der Waals surface area contributed by atoms with Crippen LogP contribution in [0.25, 0.3) is 0 Å². The van der Waals surface area contributed by atoms with Gasteiger partial charge in [-0.3, -0.25) is 37.3 Å². The van der Waals surface area contributed by atoms with Crippen molar-refractivity contribution >= 4 is 39.5 Å². The predicted molar refractivity (Wildman–Crippen MR) is 446 cm³/mol. The summed E-state index contributed by atoms with van der Waals surface area (Å²) in [6, 6.07) is 0. The van der Waals surface area contributed by atoms with E-state index in [1.807, 2.05) is 0 Å². The third kappa shape index (κ3) is 82.1. The van der Waals surface area contributed by atoms with Gasteiger partial charge in [0.1, 0.15) is 19.3 Å². The number of aliphatic hydroxyl groups is 1. The maximum atomic E-state index is 13.2. The Balaban J connectivity index is 5.23. The number of phosphoric ester groups is 2. The van der Waals surface area contributed by atoms with Gasteiger partial charge in [-0.2, -0.15) is 0 Å². The smallest absolute Gasteiger partial charge is 0.462 e. The van der Waals surface area contributed by atoms with E-state index in [1.54, 1.807) is 0 Å². The summed E-state index contributed by atoms with van der Waals surface area (Å²) in [6.07, 6.45) is 76.5. The van der Waals surface area contributed by atoms with Crippen molar-refractivity contribution in [2.75, 3.05) is 39.6 Å². The fraction of sp³-hybridized carbons (Fsp3) is 0.955. The van der Waals surface area contributed by atoms with Crippen molar-refractivity contribution in [2.24, 2.45) is 5.92 Å². The summed E-state index contributed by atoms with van der Waals surface area (Å²) < 4.78 is 69.0. The van der Waals surface area contributed by atoms with Crippen molar-refractivity contribution in [3.05, 3.63) is 0 Å². The SMILES string of the molecule is CCCCCCCCCCCCCCCCCCCCCCCCC(=O)O[C@H](COC(=O)CCCCCCCCCCCCCCCCCCCCCC)COP(=O)(O)OC[C@@H](O)COP(=O)(O)OC[C@@H](COC(=O)CCCCCCCCCCCCCC)OC(=O)CCCCCCCCCCCCCC(C)C. The van der Waals surface area contributed by atoms with Crippen LogP contribution in [0.15, 0.2) is 0 Å². The standard InChI is InChI=1S/C89H174O17P2/c1-6-9-12-15-18-21-24-27-29-31-33-35-36-38-40-42-44-49-54-59-64-69-74-88(93)105-84(79-100-87(92)73-68-63-58-53-48-43-41-39-37-34-32-30-28-25-22-19-16-13-10-7-2)80-103-107(95,96)101-76-83(90)77-102-108(97,98)104-81-85(78-99-86(91)72-67-62-57-52-47-26-23-20-17-14-11-8-3)106-89(94)75-70-65-60-55-50-45-46-51-56-61-66-71-82(4)5/h82-85,90H,6-81H2,1-5H3,(H,95,96)(H,97,98)/t83-,84-,85-/m1/s1. The summed E-state index contributed by atoms with van der Waals surface area (Å²) in [4.78, 5) is 73.3. The maximum Gasteiger partial charge on any atom is 0.472 e. The Morgan fingerprint density at radius 2 is 0.426 bits per heavy atom. The molecule has 0 spiro atoms. The number of phosphoric acid groups is 2. The van der Waals surface area contributed by atoms with Crippen molar-refractivity contribution in [1.82, 2.24) is 0 Å². The van der Waals surface area contributed by atoms with E-state index in [-0.39, 0.29) is 25.7 Å². The molecule has 0 saturated heterocycles. The van der Waals surface area contributed by atoms with E-state index in [1.165, 1.54) is 308 Å². The second-order valence-electron chi connectivity index (χ2n) is 32.5. The van der Waals surface area contributed by atoms with Gasteiger partial charge >= 0.3 is 39.5 Å². The molecule has 642 valence electrons. The molecule has 0 aromatic carbocycles. The molecule has 0 saturated carbocycles. The van der Waals surface area contributed by atoms with Crippen molar-refractivity contribution in [3.63, 3.8) is 0 Å². The number of hydrogen-bond acceptors (Lipinski definition) is 15. The normalized spacial score (nSPS) is 13.7. The van der Waals surface area contributed by atoms with E-state index < -0.39 is 97.5 Å². The molecule has 0 aromatic rings. The summed E-state index contributed by atoms with van der Waals surface area (Å²) >= 11 is 0. The number of esters is 4. The largest absolute Gasteiger partial charge is 0.472 e. The van der Waals surface area contributed by atoms with Crippen LogP contribution in [0.3, 0.4) is 0 Å². The molecule has 3 N–H and O–H groups in total. The first kappa shape index (κ1) is 106. The van der Waals surface area contributed by atoms with Gasteiger partial charge in [-0.15, -0.1) is 0 Å². The fourth-order valence-corrected chi connectivity index (χ4v) is 15.6. The van der Waals surface area contributed by atoms with Gasteiger partial charge in [0.2, 0.25) is 0 Å². The minimum absolute atomic E-state index is 0.107. The summed E-state index contributed by atoms with van der Waals surface area (Å²) in [5, 5.41) is 10.7. The number of hydrogen-bond donors (Lipinski definition) is 3. The number of ether oxygens (including phenoxy) is 4. The summed E-state index contributed by atoms with van der Waals surface area (Å²) in [6.45, 7) is 7.38. The number of carbonyl (C=O) groups is 4. The van der Waals surface area contributed by atoms with Gasteiger partial charge in [0.15, 0.2) is 12.2 Å². The Hall–Kier alpha value is -1.94. The molecule has 0 aliphatic rings. The topological polar surface area (TPSA) is 237 Å². The first-order chi connectivity index (χ1) is 52.5. The number of carbonyl (C=O) groups excluding carboxylic acids is 4. The molecule has 108 heavy (non-hydrogen) atoms. The van der Waals surface area contributed by atoms with Crippen molar-refractivity contribution in [2.45, 2.75) is 502 Å².